The van der Waals surface area contributed by atoms with E-state index in [1.807, 2.05) is 71.9 Å². The third-order valence-electron chi connectivity index (χ3n) is 7.28. The number of amides is 2. The van der Waals surface area contributed by atoms with Crippen LogP contribution in [0.25, 0.3) is 0 Å². The van der Waals surface area contributed by atoms with Crippen molar-refractivity contribution in [1.29, 1.82) is 0 Å². The monoisotopic (exact) mass is 602 g/mol. The van der Waals surface area contributed by atoms with Crippen LogP contribution >= 0.6 is 0 Å². The van der Waals surface area contributed by atoms with Crippen LogP contribution in [0.2, 0.25) is 0 Å². The smallest absolute Gasteiger partial charge is 0.408 e. The molecule has 12 nitrogen and oxygen atoms in total. The van der Waals surface area contributed by atoms with Crippen molar-refractivity contribution in [3.8, 4) is 0 Å². The van der Waals surface area contributed by atoms with Gasteiger partial charge in [0.25, 0.3) is 0 Å². The lowest BCUT2D eigenvalue weighted by Crippen LogP contribution is -2.52. The van der Waals surface area contributed by atoms with Crippen LogP contribution in [0, 0.1) is 17.8 Å². The molecule has 3 N–H and O–H groups in total. The highest BCUT2D eigenvalue weighted by molar-refractivity contribution is 5.94. The van der Waals surface area contributed by atoms with E-state index in [0.29, 0.717) is 19.3 Å². The SMILES string of the molecule is CC[C@@H](C)[C@H](Nc1oc([C@H](CC(C)C)NC(=O)OCc2ccccc2)nc1C(=O)OC)C(=O)N[C@H](C(=O)OC)[C@H](C)CC. The highest BCUT2D eigenvalue weighted by atomic mass is 16.5. The number of rotatable bonds is 16. The molecule has 2 rings (SSSR count). The Morgan fingerprint density at radius 2 is 1.51 bits per heavy atom. The van der Waals surface area contributed by atoms with Gasteiger partial charge in [-0.3, -0.25) is 4.79 Å². The molecule has 1 heterocycles. The van der Waals surface area contributed by atoms with E-state index in [9.17, 15) is 19.2 Å². The summed E-state index contributed by atoms with van der Waals surface area (Å²) in [5, 5.41) is 8.60. The molecule has 1 aromatic carbocycles. The quantitative estimate of drug-likeness (QED) is 0.176. The van der Waals surface area contributed by atoms with Gasteiger partial charge in [-0.05, 0) is 29.7 Å². The Labute approximate surface area is 253 Å². The van der Waals surface area contributed by atoms with Crippen LogP contribution in [-0.2, 0) is 30.4 Å². The number of oxazole rings is 1. The van der Waals surface area contributed by atoms with Gasteiger partial charge >= 0.3 is 18.0 Å². The van der Waals surface area contributed by atoms with Crippen molar-refractivity contribution in [3.05, 3.63) is 47.5 Å². The van der Waals surface area contributed by atoms with Crippen LogP contribution in [0.4, 0.5) is 10.7 Å². The average Bonchev–Trinajstić information content (AvgIpc) is 3.43. The molecule has 12 heteroatoms. The van der Waals surface area contributed by atoms with Crippen molar-refractivity contribution in [3.63, 3.8) is 0 Å². The summed E-state index contributed by atoms with van der Waals surface area (Å²) in [6.07, 6.45) is 0.970. The molecule has 0 aliphatic carbocycles. The first-order valence-corrected chi connectivity index (χ1v) is 14.7. The second-order valence-corrected chi connectivity index (χ2v) is 11.0. The van der Waals surface area contributed by atoms with Gasteiger partial charge in [-0.1, -0.05) is 84.7 Å². The Morgan fingerprint density at radius 1 is 0.884 bits per heavy atom. The molecule has 0 bridgehead atoms. The van der Waals surface area contributed by atoms with Crippen molar-refractivity contribution in [2.24, 2.45) is 17.8 Å². The molecule has 238 valence electrons. The number of methoxy groups -OCH3 is 2. The first-order valence-electron chi connectivity index (χ1n) is 14.7. The van der Waals surface area contributed by atoms with Crippen molar-refractivity contribution in [2.45, 2.75) is 85.5 Å². The van der Waals surface area contributed by atoms with Gasteiger partial charge in [-0.25, -0.2) is 19.4 Å². The van der Waals surface area contributed by atoms with Gasteiger partial charge < -0.3 is 34.6 Å². The second kappa shape index (κ2) is 17.1. The van der Waals surface area contributed by atoms with Crippen molar-refractivity contribution < 1.29 is 37.8 Å². The molecule has 0 saturated heterocycles. The fourth-order valence-electron chi connectivity index (χ4n) is 4.30. The fourth-order valence-corrected chi connectivity index (χ4v) is 4.30. The number of nitrogens with zero attached hydrogens (tertiary/aromatic N) is 1. The topological polar surface area (TPSA) is 158 Å². The van der Waals surface area contributed by atoms with Gasteiger partial charge in [0.1, 0.15) is 24.7 Å². The highest BCUT2D eigenvalue weighted by Gasteiger charge is 2.35. The van der Waals surface area contributed by atoms with Crippen LogP contribution in [0.5, 0.6) is 0 Å². The molecule has 2 aromatic rings. The predicted octanol–water partition coefficient (Wildman–Crippen LogP) is 5.01. The van der Waals surface area contributed by atoms with Gasteiger partial charge in [-0.2, -0.15) is 0 Å². The van der Waals surface area contributed by atoms with E-state index < -0.39 is 42.1 Å². The van der Waals surface area contributed by atoms with E-state index in [-0.39, 0.29) is 41.8 Å². The van der Waals surface area contributed by atoms with E-state index in [2.05, 4.69) is 20.9 Å². The number of nitrogens with one attached hydrogen (secondary N) is 3. The number of anilines is 1. The number of aromatic nitrogens is 1. The zero-order valence-corrected chi connectivity index (χ0v) is 26.4. The Bertz CT molecular complexity index is 1200. The maximum atomic E-state index is 13.5. The summed E-state index contributed by atoms with van der Waals surface area (Å²) in [5.74, 6) is -2.17. The summed E-state index contributed by atoms with van der Waals surface area (Å²) in [5.41, 5.74) is 0.643. The molecule has 0 saturated carbocycles. The number of benzene rings is 1. The molecule has 43 heavy (non-hydrogen) atoms. The summed E-state index contributed by atoms with van der Waals surface area (Å²) in [7, 11) is 2.48. The molecule has 2 amide bonds. The summed E-state index contributed by atoms with van der Waals surface area (Å²) in [6, 6.07) is 6.74. The number of alkyl carbamates (subject to hydrolysis) is 1. The Balaban J connectivity index is 2.38. The van der Waals surface area contributed by atoms with Gasteiger partial charge in [0, 0.05) is 0 Å². The Kier molecular flexibility index (Phi) is 14.0. The molecule has 0 fully saturated rings. The van der Waals surface area contributed by atoms with Crippen LogP contribution in [-0.4, -0.2) is 55.2 Å². The van der Waals surface area contributed by atoms with E-state index in [0.717, 1.165) is 5.56 Å². The minimum atomic E-state index is -0.905. The highest BCUT2D eigenvalue weighted by Crippen LogP contribution is 2.29. The molecular weight excluding hydrogens is 556 g/mol. The molecule has 5 atom stereocenters. The molecule has 0 spiro atoms. The van der Waals surface area contributed by atoms with Gasteiger partial charge in [0.15, 0.2) is 0 Å². The Hall–Kier alpha value is -4.09. The fraction of sp³-hybridized carbons (Fsp3) is 0.581. The standard InChI is InChI=1S/C31H46N4O8/c1-9-19(5)23(26(36)33-24(20(6)10-2)29(37)40-7)34-28-25(30(38)41-8)35-27(43-28)22(16-18(3)4)32-31(39)42-17-21-14-12-11-13-15-21/h11-15,18-20,22-24,34H,9-10,16-17H2,1-8H3,(H,32,39)(H,33,36)/t19-,20-,22+,23+,24+/m1/s1. The molecule has 1 aromatic heterocycles. The van der Waals surface area contributed by atoms with Gasteiger partial charge in [0.05, 0.1) is 14.2 Å². The number of esters is 2. The molecular formula is C31H46N4O8. The van der Waals surface area contributed by atoms with E-state index in [4.69, 9.17) is 18.6 Å². The average molecular weight is 603 g/mol. The van der Waals surface area contributed by atoms with E-state index >= 15 is 0 Å². The van der Waals surface area contributed by atoms with Gasteiger partial charge in [0.2, 0.25) is 23.4 Å². The predicted molar refractivity (Wildman–Crippen MR) is 160 cm³/mol. The zero-order valence-electron chi connectivity index (χ0n) is 26.4. The number of hydrogen-bond donors (Lipinski definition) is 3. The lowest BCUT2D eigenvalue weighted by molar-refractivity contribution is -0.146. The molecule has 0 aliphatic heterocycles. The number of carbonyl (C=O) groups excluding carboxylic acids is 4. The molecule has 0 unspecified atom stereocenters. The van der Waals surface area contributed by atoms with Crippen LogP contribution in [0.15, 0.2) is 34.7 Å². The maximum absolute atomic E-state index is 13.5. The van der Waals surface area contributed by atoms with Crippen LogP contribution in [0.3, 0.4) is 0 Å². The summed E-state index contributed by atoms with van der Waals surface area (Å²) in [4.78, 5) is 55.8. The number of hydrogen-bond acceptors (Lipinski definition) is 10. The number of ether oxygens (including phenoxy) is 3. The lowest BCUT2D eigenvalue weighted by Gasteiger charge is -2.28. The first kappa shape index (κ1) is 35.1. The normalized spacial score (nSPS) is 14.5. The van der Waals surface area contributed by atoms with Crippen LogP contribution < -0.4 is 16.0 Å². The summed E-state index contributed by atoms with van der Waals surface area (Å²) < 4.78 is 21.2. The zero-order chi connectivity index (χ0) is 32.1. The van der Waals surface area contributed by atoms with E-state index in [1.54, 1.807) is 0 Å². The van der Waals surface area contributed by atoms with Crippen molar-refractivity contribution >= 4 is 29.8 Å². The van der Waals surface area contributed by atoms with E-state index in [1.165, 1.54) is 14.2 Å². The van der Waals surface area contributed by atoms with Crippen molar-refractivity contribution in [2.75, 3.05) is 19.5 Å². The minimum Gasteiger partial charge on any atom is -0.467 e. The third-order valence-corrected chi connectivity index (χ3v) is 7.28. The third kappa shape index (κ3) is 10.3. The second-order valence-electron chi connectivity index (χ2n) is 11.0. The lowest BCUT2D eigenvalue weighted by atomic mass is 9.95. The minimum absolute atomic E-state index is 0.0450. The Morgan fingerprint density at radius 3 is 2.07 bits per heavy atom. The largest absolute Gasteiger partial charge is 0.467 e. The molecule has 0 aliphatic rings. The summed E-state index contributed by atoms with van der Waals surface area (Å²) >= 11 is 0. The molecule has 0 radical (unpaired) electrons. The van der Waals surface area contributed by atoms with Crippen LogP contribution in [0.1, 0.15) is 88.8 Å². The summed E-state index contributed by atoms with van der Waals surface area (Å²) in [6.45, 7) is 11.5. The van der Waals surface area contributed by atoms with Gasteiger partial charge in [-0.15, -0.1) is 0 Å². The number of carbonyl (C=O) groups is 4. The van der Waals surface area contributed by atoms with Crippen molar-refractivity contribution in [1.82, 2.24) is 15.6 Å². The first-order chi connectivity index (χ1) is 20.4. The maximum Gasteiger partial charge on any atom is 0.408 e.